The number of benzene rings is 1. The number of piperazine rings is 1. The van der Waals surface area contributed by atoms with Crippen LogP contribution in [0.3, 0.4) is 0 Å². The molecule has 3 aliphatic heterocycles. The van der Waals surface area contributed by atoms with Gasteiger partial charge in [0, 0.05) is 39.8 Å². The molecule has 0 aromatic heterocycles. The minimum atomic E-state index is -0.503. The monoisotopic (exact) mass is 384 g/mol. The first kappa shape index (κ1) is 18.7. The summed E-state index contributed by atoms with van der Waals surface area (Å²) in [7, 11) is 3.81. The van der Waals surface area contributed by atoms with Crippen molar-refractivity contribution in [1.29, 1.82) is 0 Å². The van der Waals surface area contributed by atoms with Gasteiger partial charge in [-0.2, -0.15) is 0 Å². The van der Waals surface area contributed by atoms with Crippen molar-refractivity contribution in [3.63, 3.8) is 0 Å². The molecule has 3 amide bonds. The van der Waals surface area contributed by atoms with Gasteiger partial charge in [-0.15, -0.1) is 0 Å². The lowest BCUT2D eigenvalue weighted by Crippen LogP contribution is -2.64. The third-order valence-electron chi connectivity index (χ3n) is 5.97. The van der Waals surface area contributed by atoms with Crippen LogP contribution in [0.2, 0.25) is 0 Å². The van der Waals surface area contributed by atoms with Gasteiger partial charge in [0.1, 0.15) is 0 Å². The molecule has 3 aliphatic rings. The van der Waals surface area contributed by atoms with Gasteiger partial charge in [-0.05, 0) is 32.0 Å². The number of likely N-dealkylation sites (N-methyl/N-ethyl adjacent to an activating group) is 2. The van der Waals surface area contributed by atoms with E-state index in [0.29, 0.717) is 6.54 Å². The highest BCUT2D eigenvalue weighted by molar-refractivity contribution is 6.03. The summed E-state index contributed by atoms with van der Waals surface area (Å²) in [6.45, 7) is 8.37. The molecule has 150 valence electrons. The molecule has 3 heterocycles. The second-order valence-electron chi connectivity index (χ2n) is 8.04. The summed E-state index contributed by atoms with van der Waals surface area (Å²) < 4.78 is 0. The number of guanidine groups is 1. The van der Waals surface area contributed by atoms with Crippen LogP contribution in [0, 0.1) is 13.8 Å². The van der Waals surface area contributed by atoms with Crippen LogP contribution < -0.4 is 5.32 Å². The highest BCUT2D eigenvalue weighted by atomic mass is 16.2. The van der Waals surface area contributed by atoms with E-state index in [1.807, 2.05) is 0 Å². The Labute approximate surface area is 165 Å². The van der Waals surface area contributed by atoms with Crippen molar-refractivity contribution in [2.24, 2.45) is 4.99 Å². The van der Waals surface area contributed by atoms with Crippen LogP contribution >= 0.6 is 0 Å². The van der Waals surface area contributed by atoms with Gasteiger partial charge in [0.25, 0.3) is 5.91 Å². The van der Waals surface area contributed by atoms with E-state index in [0.717, 1.165) is 32.1 Å². The fourth-order valence-corrected chi connectivity index (χ4v) is 4.10. The molecular weight excluding hydrogens is 356 g/mol. The van der Waals surface area contributed by atoms with E-state index < -0.39 is 12.2 Å². The van der Waals surface area contributed by atoms with Crippen molar-refractivity contribution in [2.45, 2.75) is 32.6 Å². The highest BCUT2D eigenvalue weighted by Crippen LogP contribution is 2.28. The average molecular weight is 384 g/mol. The van der Waals surface area contributed by atoms with Crippen LogP contribution in [0.15, 0.2) is 23.2 Å². The largest absolute Gasteiger partial charge is 0.340 e. The molecule has 0 bridgehead atoms. The smallest absolute Gasteiger partial charge is 0.325 e. The number of amides is 3. The van der Waals surface area contributed by atoms with E-state index in [1.54, 1.807) is 7.05 Å². The van der Waals surface area contributed by atoms with Crippen LogP contribution in [0.5, 0.6) is 0 Å². The van der Waals surface area contributed by atoms with E-state index >= 15 is 0 Å². The summed E-state index contributed by atoms with van der Waals surface area (Å²) in [4.78, 5) is 37.9. The Hall–Kier alpha value is -2.61. The number of hydrogen-bond donors (Lipinski definition) is 1. The molecular formula is C20H28N6O2. The minimum Gasteiger partial charge on any atom is -0.340 e. The molecule has 2 fully saturated rings. The molecule has 1 N–H and O–H groups in total. The lowest BCUT2D eigenvalue weighted by atomic mass is 10.0. The number of imide groups is 1. The van der Waals surface area contributed by atoms with Gasteiger partial charge in [-0.3, -0.25) is 10.1 Å². The van der Waals surface area contributed by atoms with Crippen LogP contribution in [0.25, 0.3) is 0 Å². The van der Waals surface area contributed by atoms with Gasteiger partial charge in [-0.25, -0.2) is 9.79 Å². The number of carbonyl (C=O) groups excluding carboxylic acids is 2. The summed E-state index contributed by atoms with van der Waals surface area (Å²) in [5, 5.41) is 2.48. The van der Waals surface area contributed by atoms with Crippen molar-refractivity contribution in [3.05, 3.63) is 34.9 Å². The standard InChI is InChI=1S/C20H28N6O2/c1-13-5-6-14(2)15(11-13)12-26-16-17(24(4)20(28)22-18(16)27)21-19(26)25-9-7-23(3)8-10-25/h5-6,11,16-17H,7-10,12H2,1-4H3,(H,22,27,28). The molecule has 8 nitrogen and oxygen atoms in total. The summed E-state index contributed by atoms with van der Waals surface area (Å²) in [5.74, 6) is 0.548. The van der Waals surface area contributed by atoms with Gasteiger partial charge in [0.15, 0.2) is 18.2 Å². The zero-order valence-corrected chi connectivity index (χ0v) is 17.0. The van der Waals surface area contributed by atoms with Crippen LogP contribution in [-0.2, 0) is 11.3 Å². The maximum Gasteiger partial charge on any atom is 0.325 e. The molecule has 4 rings (SSSR count). The van der Waals surface area contributed by atoms with Crippen molar-refractivity contribution >= 4 is 17.9 Å². The molecule has 2 saturated heterocycles. The normalized spacial score (nSPS) is 25.7. The first-order valence-corrected chi connectivity index (χ1v) is 9.77. The maximum atomic E-state index is 12.8. The fraction of sp³-hybridized carbons (Fsp3) is 0.550. The number of nitrogens with one attached hydrogen (secondary N) is 1. The number of fused-ring (bicyclic) bond motifs is 1. The van der Waals surface area contributed by atoms with Crippen molar-refractivity contribution in [3.8, 4) is 0 Å². The van der Waals surface area contributed by atoms with Crippen molar-refractivity contribution in [2.75, 3.05) is 40.3 Å². The van der Waals surface area contributed by atoms with E-state index in [2.05, 4.69) is 59.1 Å². The van der Waals surface area contributed by atoms with Crippen LogP contribution in [0.4, 0.5) is 4.79 Å². The number of rotatable bonds is 2. The van der Waals surface area contributed by atoms with E-state index in [4.69, 9.17) is 4.99 Å². The summed E-state index contributed by atoms with van der Waals surface area (Å²) in [6, 6.07) is 5.49. The third kappa shape index (κ3) is 3.22. The lowest BCUT2D eigenvalue weighted by Gasteiger charge is -2.40. The van der Waals surface area contributed by atoms with Crippen LogP contribution in [-0.4, -0.2) is 90.0 Å². The van der Waals surface area contributed by atoms with Gasteiger partial charge < -0.3 is 19.6 Å². The molecule has 0 aliphatic carbocycles. The molecule has 1 aromatic carbocycles. The Balaban J connectivity index is 1.69. The number of aliphatic imine (C=N–C) groups is 1. The molecule has 28 heavy (non-hydrogen) atoms. The number of aryl methyl sites for hydroxylation is 2. The van der Waals surface area contributed by atoms with Gasteiger partial charge in [0.2, 0.25) is 0 Å². The zero-order chi connectivity index (χ0) is 20.0. The van der Waals surface area contributed by atoms with Gasteiger partial charge >= 0.3 is 6.03 Å². The van der Waals surface area contributed by atoms with Gasteiger partial charge in [0.05, 0.1) is 0 Å². The molecule has 0 saturated carbocycles. The SMILES string of the molecule is Cc1ccc(C)c(CN2C(N3CCN(C)CC3)=NC3C2C(=O)NC(=O)N3C)c1. The van der Waals surface area contributed by atoms with Crippen molar-refractivity contribution in [1.82, 2.24) is 24.9 Å². The van der Waals surface area contributed by atoms with Gasteiger partial charge in [-0.1, -0.05) is 23.8 Å². The predicted octanol–water partition coefficient (Wildman–Crippen LogP) is 0.599. The Bertz CT molecular complexity index is 830. The summed E-state index contributed by atoms with van der Waals surface area (Å²) >= 11 is 0. The first-order valence-electron chi connectivity index (χ1n) is 9.77. The maximum absolute atomic E-state index is 12.8. The Morgan fingerprint density at radius 1 is 1.11 bits per heavy atom. The predicted molar refractivity (Wildman–Crippen MR) is 107 cm³/mol. The Morgan fingerprint density at radius 3 is 2.54 bits per heavy atom. The highest BCUT2D eigenvalue weighted by Gasteiger charge is 2.49. The fourth-order valence-electron chi connectivity index (χ4n) is 4.10. The average Bonchev–Trinajstić information content (AvgIpc) is 3.03. The number of carbonyl (C=O) groups is 2. The van der Waals surface area contributed by atoms with Crippen LogP contribution in [0.1, 0.15) is 16.7 Å². The quantitative estimate of drug-likeness (QED) is 0.809. The molecule has 2 atom stereocenters. The van der Waals surface area contributed by atoms with Crippen molar-refractivity contribution < 1.29 is 9.59 Å². The Kier molecular flexibility index (Phi) is 4.74. The molecule has 0 radical (unpaired) electrons. The zero-order valence-electron chi connectivity index (χ0n) is 17.0. The topological polar surface area (TPSA) is 71.5 Å². The Morgan fingerprint density at radius 2 is 1.82 bits per heavy atom. The second-order valence-corrected chi connectivity index (χ2v) is 8.04. The van der Waals surface area contributed by atoms with E-state index in [-0.39, 0.29) is 11.9 Å². The molecule has 0 spiro atoms. The molecule has 2 unspecified atom stereocenters. The van der Waals surface area contributed by atoms with E-state index in [9.17, 15) is 9.59 Å². The number of hydrogen-bond acceptors (Lipinski definition) is 6. The molecule has 1 aromatic rings. The minimum absolute atomic E-state index is 0.272. The summed E-state index contributed by atoms with van der Waals surface area (Å²) in [6.07, 6.45) is -0.485. The first-order chi connectivity index (χ1) is 13.3. The lowest BCUT2D eigenvalue weighted by molar-refractivity contribution is -0.127. The second kappa shape index (κ2) is 7.09. The summed E-state index contributed by atoms with van der Waals surface area (Å²) in [5.41, 5.74) is 3.55. The molecule has 8 heteroatoms. The third-order valence-corrected chi connectivity index (χ3v) is 5.97. The number of nitrogens with zero attached hydrogens (tertiary/aromatic N) is 5. The van der Waals surface area contributed by atoms with E-state index in [1.165, 1.54) is 21.6 Å². The number of urea groups is 1.